The number of hydrogen-bond acceptors (Lipinski definition) is 2. The summed E-state index contributed by atoms with van der Waals surface area (Å²) in [5.74, 6) is -0.967. The third-order valence-electron chi connectivity index (χ3n) is 1.19. The van der Waals surface area contributed by atoms with Gasteiger partial charge in [-0.1, -0.05) is 6.07 Å². The number of carboxylic acids is 1. The van der Waals surface area contributed by atoms with Crippen LogP contribution in [0.25, 0.3) is 6.08 Å². The molecule has 62 valence electrons. The molecule has 0 amide bonds. The molecule has 1 heterocycles. The highest BCUT2D eigenvalue weighted by Crippen LogP contribution is 2.13. The highest BCUT2D eigenvalue weighted by molar-refractivity contribution is 9.10. The van der Waals surface area contributed by atoms with Gasteiger partial charge >= 0.3 is 5.97 Å². The average molecular weight is 228 g/mol. The van der Waals surface area contributed by atoms with E-state index in [-0.39, 0.29) is 0 Å². The lowest BCUT2D eigenvalue weighted by molar-refractivity contribution is -0.131. The minimum atomic E-state index is -0.967. The van der Waals surface area contributed by atoms with Crippen LogP contribution in [-0.4, -0.2) is 16.1 Å². The Balaban J connectivity index is 2.89. The van der Waals surface area contributed by atoms with Gasteiger partial charge in [0.15, 0.2) is 0 Å². The van der Waals surface area contributed by atoms with E-state index in [9.17, 15) is 4.79 Å². The van der Waals surface area contributed by atoms with Crippen molar-refractivity contribution in [3.8, 4) is 0 Å². The first-order valence-electron chi connectivity index (χ1n) is 3.21. The molecule has 4 heteroatoms. The fourth-order valence-corrected chi connectivity index (χ4v) is 1.07. The van der Waals surface area contributed by atoms with Gasteiger partial charge in [-0.05, 0) is 28.1 Å². The number of rotatable bonds is 2. The number of halogens is 1. The third-order valence-corrected chi connectivity index (χ3v) is 1.86. The van der Waals surface area contributed by atoms with E-state index >= 15 is 0 Å². The molecule has 0 unspecified atom stereocenters. The van der Waals surface area contributed by atoms with Crippen LogP contribution in [-0.2, 0) is 4.79 Å². The second-order valence-corrected chi connectivity index (χ2v) is 2.81. The number of pyridine rings is 1. The largest absolute Gasteiger partial charge is 0.478 e. The van der Waals surface area contributed by atoms with Gasteiger partial charge in [-0.25, -0.2) is 9.78 Å². The molecule has 1 rings (SSSR count). The van der Waals surface area contributed by atoms with Crippen LogP contribution in [0.5, 0.6) is 0 Å². The molecule has 0 spiro atoms. The van der Waals surface area contributed by atoms with Crippen LogP contribution in [0.15, 0.2) is 29.0 Å². The van der Waals surface area contributed by atoms with Gasteiger partial charge in [0, 0.05) is 17.8 Å². The Morgan fingerprint density at radius 2 is 2.42 bits per heavy atom. The van der Waals surface area contributed by atoms with Gasteiger partial charge in [0.05, 0.1) is 0 Å². The zero-order valence-electron chi connectivity index (χ0n) is 6.07. The third kappa shape index (κ3) is 2.47. The molecule has 0 saturated heterocycles. The Hall–Kier alpha value is -1.16. The van der Waals surface area contributed by atoms with E-state index in [2.05, 4.69) is 20.9 Å². The number of carbonyl (C=O) groups is 1. The topological polar surface area (TPSA) is 50.2 Å². The molecule has 0 aromatic carbocycles. The van der Waals surface area contributed by atoms with Crippen LogP contribution in [0.4, 0.5) is 0 Å². The van der Waals surface area contributed by atoms with Crippen LogP contribution >= 0.6 is 15.9 Å². The minimum Gasteiger partial charge on any atom is -0.478 e. The van der Waals surface area contributed by atoms with Crippen LogP contribution < -0.4 is 0 Å². The van der Waals surface area contributed by atoms with Gasteiger partial charge in [0.1, 0.15) is 4.60 Å². The Morgan fingerprint density at radius 3 is 3.00 bits per heavy atom. The lowest BCUT2D eigenvalue weighted by Crippen LogP contribution is -1.86. The second-order valence-electron chi connectivity index (χ2n) is 2.06. The van der Waals surface area contributed by atoms with Crippen molar-refractivity contribution in [2.45, 2.75) is 0 Å². The maximum absolute atomic E-state index is 10.2. The van der Waals surface area contributed by atoms with Gasteiger partial charge < -0.3 is 5.11 Å². The number of nitrogens with zero attached hydrogens (tertiary/aromatic N) is 1. The van der Waals surface area contributed by atoms with Gasteiger partial charge in [-0.15, -0.1) is 0 Å². The summed E-state index contributed by atoms with van der Waals surface area (Å²) >= 11 is 3.19. The zero-order chi connectivity index (χ0) is 8.97. The predicted octanol–water partition coefficient (Wildman–Crippen LogP) is 1.94. The molecule has 0 aliphatic rings. The van der Waals surface area contributed by atoms with Crippen LogP contribution in [0.3, 0.4) is 0 Å². The molecule has 0 fully saturated rings. The van der Waals surface area contributed by atoms with Crippen molar-refractivity contribution < 1.29 is 9.90 Å². The van der Waals surface area contributed by atoms with Crippen molar-refractivity contribution in [2.75, 3.05) is 0 Å². The number of aromatic nitrogens is 1. The summed E-state index contributed by atoms with van der Waals surface area (Å²) in [5.41, 5.74) is 0.750. The summed E-state index contributed by atoms with van der Waals surface area (Å²) in [5, 5.41) is 8.34. The highest BCUT2D eigenvalue weighted by Gasteiger charge is 1.94. The van der Waals surface area contributed by atoms with Crippen molar-refractivity contribution in [3.63, 3.8) is 0 Å². The Morgan fingerprint density at radius 1 is 1.67 bits per heavy atom. The minimum absolute atomic E-state index is 0.641. The highest BCUT2D eigenvalue weighted by atomic mass is 79.9. The molecule has 0 aliphatic heterocycles. The molecule has 0 bridgehead atoms. The molecular weight excluding hydrogens is 222 g/mol. The summed E-state index contributed by atoms with van der Waals surface area (Å²) in [6.45, 7) is 0. The summed E-state index contributed by atoms with van der Waals surface area (Å²) in [7, 11) is 0. The SMILES string of the molecule is O=C(O)C=Cc1cccnc1Br. The average Bonchev–Trinajstić information content (AvgIpc) is 2.03. The molecule has 0 radical (unpaired) electrons. The fraction of sp³-hybridized carbons (Fsp3) is 0. The standard InChI is InChI=1S/C8H6BrNO2/c9-8-6(2-1-5-10-8)3-4-7(11)12/h1-5H,(H,11,12). The summed E-state index contributed by atoms with van der Waals surface area (Å²) in [6, 6.07) is 3.52. The fourth-order valence-electron chi connectivity index (χ4n) is 0.684. The van der Waals surface area contributed by atoms with Crippen molar-refractivity contribution >= 4 is 28.0 Å². The van der Waals surface area contributed by atoms with Crippen LogP contribution in [0, 0.1) is 0 Å². The predicted molar refractivity (Wildman–Crippen MR) is 48.6 cm³/mol. The molecule has 0 aliphatic carbocycles. The Bertz CT molecular complexity index is 323. The number of carboxylic acid groups (broad SMARTS) is 1. The molecule has 1 aromatic rings. The van der Waals surface area contributed by atoms with Crippen LogP contribution in [0.2, 0.25) is 0 Å². The quantitative estimate of drug-likeness (QED) is 0.621. The van der Waals surface area contributed by atoms with Crippen molar-refractivity contribution in [2.24, 2.45) is 0 Å². The normalized spacial score (nSPS) is 10.4. The summed E-state index contributed by atoms with van der Waals surface area (Å²) < 4.78 is 0.641. The first-order chi connectivity index (χ1) is 5.70. The van der Waals surface area contributed by atoms with Crippen molar-refractivity contribution in [1.29, 1.82) is 0 Å². The van der Waals surface area contributed by atoms with E-state index < -0.39 is 5.97 Å². The van der Waals surface area contributed by atoms with Gasteiger partial charge in [-0.3, -0.25) is 0 Å². The lowest BCUT2D eigenvalue weighted by atomic mass is 10.2. The van der Waals surface area contributed by atoms with E-state index in [1.54, 1.807) is 18.3 Å². The summed E-state index contributed by atoms with van der Waals surface area (Å²) in [6.07, 6.45) is 4.18. The van der Waals surface area contributed by atoms with E-state index in [1.807, 2.05) is 0 Å². The number of aliphatic carboxylic acids is 1. The number of hydrogen-bond donors (Lipinski definition) is 1. The molecule has 12 heavy (non-hydrogen) atoms. The monoisotopic (exact) mass is 227 g/mol. The Kier molecular flexibility index (Phi) is 2.99. The molecular formula is C8H6BrNO2. The maximum atomic E-state index is 10.2. The van der Waals surface area contributed by atoms with E-state index in [1.165, 1.54) is 6.08 Å². The first kappa shape index (κ1) is 8.93. The smallest absolute Gasteiger partial charge is 0.328 e. The van der Waals surface area contributed by atoms with Crippen LogP contribution in [0.1, 0.15) is 5.56 Å². The Labute approximate surface area is 77.9 Å². The van der Waals surface area contributed by atoms with Crippen molar-refractivity contribution in [1.82, 2.24) is 4.98 Å². The van der Waals surface area contributed by atoms with E-state index in [4.69, 9.17) is 5.11 Å². The van der Waals surface area contributed by atoms with Gasteiger partial charge in [0.25, 0.3) is 0 Å². The lowest BCUT2D eigenvalue weighted by Gasteiger charge is -1.93. The molecule has 0 atom stereocenters. The molecule has 3 nitrogen and oxygen atoms in total. The zero-order valence-corrected chi connectivity index (χ0v) is 7.65. The molecule has 0 saturated carbocycles. The van der Waals surface area contributed by atoms with Gasteiger partial charge in [-0.2, -0.15) is 0 Å². The van der Waals surface area contributed by atoms with E-state index in [0.29, 0.717) is 4.60 Å². The summed E-state index contributed by atoms with van der Waals surface area (Å²) in [4.78, 5) is 14.1. The van der Waals surface area contributed by atoms with Crippen molar-refractivity contribution in [3.05, 3.63) is 34.6 Å². The molecule has 1 aromatic heterocycles. The maximum Gasteiger partial charge on any atom is 0.328 e. The van der Waals surface area contributed by atoms with E-state index in [0.717, 1.165) is 11.6 Å². The first-order valence-corrected chi connectivity index (χ1v) is 4.01. The van der Waals surface area contributed by atoms with Gasteiger partial charge in [0.2, 0.25) is 0 Å². The molecule has 1 N–H and O–H groups in total. The second kappa shape index (κ2) is 4.01.